The van der Waals surface area contributed by atoms with Gasteiger partial charge >= 0.3 is 0 Å². The molecule has 1 aliphatic heterocycles. The molecule has 8 nitrogen and oxygen atoms in total. The molecule has 0 spiro atoms. The number of amides is 1. The Labute approximate surface area is 199 Å². The fraction of sp³-hybridized carbons (Fsp3) is 0.385. The van der Waals surface area contributed by atoms with Gasteiger partial charge in [-0.3, -0.25) is 9.89 Å². The fourth-order valence-electron chi connectivity index (χ4n) is 4.08. The first kappa shape index (κ1) is 23.5. The van der Waals surface area contributed by atoms with Crippen LogP contribution in [0.15, 0.2) is 42.9 Å². The maximum Gasteiger partial charge on any atom is 0.223 e. The third kappa shape index (κ3) is 5.11. The Balaban J connectivity index is 0.00000133. The van der Waals surface area contributed by atoms with Gasteiger partial charge in [-0.05, 0) is 41.7 Å². The summed E-state index contributed by atoms with van der Waals surface area (Å²) in [7, 11) is 0. The van der Waals surface area contributed by atoms with Crippen LogP contribution in [0.4, 0.5) is 11.5 Å². The summed E-state index contributed by atoms with van der Waals surface area (Å²) in [5, 5.41) is 12.4. The predicted molar refractivity (Wildman–Crippen MR) is 138 cm³/mol. The highest BCUT2D eigenvalue weighted by Crippen LogP contribution is 2.30. The molecule has 4 aromatic rings. The molecule has 0 atom stereocenters. The number of nitrogens with one attached hydrogen (secondary N) is 3. The van der Waals surface area contributed by atoms with Crippen LogP contribution in [0.5, 0.6) is 0 Å². The van der Waals surface area contributed by atoms with Crippen molar-refractivity contribution in [1.29, 1.82) is 0 Å². The van der Waals surface area contributed by atoms with Gasteiger partial charge in [-0.2, -0.15) is 5.10 Å². The van der Waals surface area contributed by atoms with Gasteiger partial charge in [0.15, 0.2) is 0 Å². The van der Waals surface area contributed by atoms with Crippen molar-refractivity contribution in [2.45, 2.75) is 47.5 Å². The Morgan fingerprint density at radius 2 is 2.00 bits per heavy atom. The number of carbonyl (C=O) groups excluding carboxylic acids is 1. The Bertz CT molecular complexity index is 1330. The second-order valence-corrected chi connectivity index (χ2v) is 9.52. The van der Waals surface area contributed by atoms with E-state index in [0.717, 1.165) is 52.1 Å². The summed E-state index contributed by atoms with van der Waals surface area (Å²) in [6, 6.07) is 8.11. The van der Waals surface area contributed by atoms with Gasteiger partial charge in [0.2, 0.25) is 5.91 Å². The number of hydrogen-bond acceptors (Lipinski definition) is 5. The van der Waals surface area contributed by atoms with E-state index in [1.807, 2.05) is 36.9 Å². The number of hydrogen-bond donors (Lipinski definition) is 3. The van der Waals surface area contributed by atoms with Gasteiger partial charge in [-0.15, -0.1) is 0 Å². The first-order valence-electron chi connectivity index (χ1n) is 11.9. The minimum atomic E-state index is 0.00245. The molecule has 0 bridgehead atoms. The lowest BCUT2D eigenvalue weighted by Gasteiger charge is -2.29. The smallest absolute Gasteiger partial charge is 0.223 e. The average molecular weight is 460 g/mol. The molecule has 1 amide bonds. The summed E-state index contributed by atoms with van der Waals surface area (Å²) < 4.78 is 0. The summed E-state index contributed by atoms with van der Waals surface area (Å²) in [4.78, 5) is 26.8. The Kier molecular flexibility index (Phi) is 6.68. The largest absolute Gasteiger partial charge is 0.340 e. The quantitative estimate of drug-likeness (QED) is 0.366. The maximum atomic E-state index is 12.5. The van der Waals surface area contributed by atoms with E-state index in [-0.39, 0.29) is 11.3 Å². The molecule has 0 radical (unpaired) electrons. The molecule has 178 valence electrons. The summed E-state index contributed by atoms with van der Waals surface area (Å²) in [5.41, 5.74) is 4.94. The number of carbonyl (C=O) groups is 1. The Morgan fingerprint density at radius 3 is 2.74 bits per heavy atom. The molecule has 0 unspecified atom stereocenters. The van der Waals surface area contributed by atoms with Crippen LogP contribution in [0.2, 0.25) is 0 Å². The van der Waals surface area contributed by atoms with Crippen LogP contribution in [0.1, 0.15) is 53.2 Å². The van der Waals surface area contributed by atoms with Crippen molar-refractivity contribution in [2.24, 2.45) is 5.41 Å². The van der Waals surface area contributed by atoms with Crippen LogP contribution in [-0.4, -0.2) is 49.0 Å². The molecule has 3 N–H and O–H groups in total. The van der Waals surface area contributed by atoms with E-state index < -0.39 is 0 Å². The normalized spacial score (nSPS) is 14.0. The number of aromatic nitrogens is 5. The lowest BCUT2D eigenvalue weighted by Crippen LogP contribution is -2.36. The highest BCUT2D eigenvalue weighted by Gasteiger charge is 2.23. The molecular formula is C26H33N7O. The number of nitrogens with zero attached hydrogens (tertiary/aromatic N) is 4. The van der Waals surface area contributed by atoms with E-state index in [1.54, 1.807) is 12.5 Å². The molecule has 3 aromatic heterocycles. The first-order chi connectivity index (χ1) is 16.4. The summed E-state index contributed by atoms with van der Waals surface area (Å²) in [6.45, 7) is 11.7. The molecular weight excluding hydrogens is 426 g/mol. The van der Waals surface area contributed by atoms with E-state index in [2.05, 4.69) is 63.4 Å². The molecule has 0 saturated heterocycles. The van der Waals surface area contributed by atoms with Gasteiger partial charge in [-0.1, -0.05) is 40.7 Å². The molecule has 4 heterocycles. The van der Waals surface area contributed by atoms with Gasteiger partial charge < -0.3 is 15.2 Å². The predicted octanol–water partition coefficient (Wildman–Crippen LogP) is 5.66. The zero-order chi connectivity index (χ0) is 24.3. The summed E-state index contributed by atoms with van der Waals surface area (Å²) >= 11 is 0. The van der Waals surface area contributed by atoms with E-state index >= 15 is 0 Å². The van der Waals surface area contributed by atoms with E-state index in [0.29, 0.717) is 13.0 Å². The second-order valence-electron chi connectivity index (χ2n) is 9.52. The van der Waals surface area contributed by atoms with Gasteiger partial charge in [0, 0.05) is 36.3 Å². The molecule has 34 heavy (non-hydrogen) atoms. The maximum absolute atomic E-state index is 12.5. The van der Waals surface area contributed by atoms with Crippen LogP contribution < -0.4 is 5.32 Å². The molecule has 5 rings (SSSR count). The highest BCUT2D eigenvalue weighted by molar-refractivity contribution is 5.93. The minimum Gasteiger partial charge on any atom is -0.340 e. The highest BCUT2D eigenvalue weighted by atomic mass is 16.2. The van der Waals surface area contributed by atoms with Crippen molar-refractivity contribution in [3.05, 3.63) is 48.6 Å². The molecule has 1 aromatic carbocycles. The minimum absolute atomic E-state index is 0.00245. The molecule has 1 aliphatic rings. The van der Waals surface area contributed by atoms with Crippen LogP contribution in [0, 0.1) is 5.41 Å². The van der Waals surface area contributed by atoms with Crippen LogP contribution in [0.3, 0.4) is 0 Å². The number of anilines is 2. The monoisotopic (exact) mass is 459 g/mol. The number of aromatic amines is 2. The van der Waals surface area contributed by atoms with E-state index in [4.69, 9.17) is 0 Å². The first-order valence-corrected chi connectivity index (χ1v) is 11.9. The number of H-pyrrole nitrogens is 2. The van der Waals surface area contributed by atoms with Crippen LogP contribution >= 0.6 is 0 Å². The van der Waals surface area contributed by atoms with Crippen LogP contribution in [-0.2, 0) is 4.79 Å². The van der Waals surface area contributed by atoms with Crippen molar-refractivity contribution >= 4 is 44.9 Å². The Hall–Kier alpha value is -3.68. The third-order valence-corrected chi connectivity index (χ3v) is 5.72. The van der Waals surface area contributed by atoms with Gasteiger partial charge in [0.05, 0.1) is 17.1 Å². The second kappa shape index (κ2) is 9.67. The molecule has 0 aliphatic carbocycles. The number of fused-ring (bicyclic) bond motifs is 2. The zero-order valence-electron chi connectivity index (χ0n) is 20.6. The van der Waals surface area contributed by atoms with Crippen molar-refractivity contribution in [3.8, 4) is 0 Å². The SMILES string of the molecule is CC.CC(C)(C)CC(=O)N1CC=C(c2cc3c(Nc4ccc5[nH]ncc5c4)ncnc3[nH]2)CC1. The van der Waals surface area contributed by atoms with Crippen LogP contribution in [0.25, 0.3) is 27.5 Å². The lowest BCUT2D eigenvalue weighted by molar-refractivity contribution is -0.132. The average Bonchev–Trinajstić information content (AvgIpc) is 3.47. The topological polar surface area (TPSA) is 103 Å². The molecule has 0 saturated carbocycles. The zero-order valence-corrected chi connectivity index (χ0v) is 20.6. The Morgan fingerprint density at radius 1 is 1.18 bits per heavy atom. The van der Waals surface area contributed by atoms with E-state index in [9.17, 15) is 4.79 Å². The number of rotatable bonds is 4. The molecule has 8 heteroatoms. The van der Waals surface area contributed by atoms with Gasteiger partial charge in [0.1, 0.15) is 17.8 Å². The van der Waals surface area contributed by atoms with Gasteiger partial charge in [0.25, 0.3) is 0 Å². The lowest BCUT2D eigenvalue weighted by atomic mass is 9.91. The van der Waals surface area contributed by atoms with Crippen molar-refractivity contribution in [3.63, 3.8) is 0 Å². The molecule has 0 fully saturated rings. The third-order valence-electron chi connectivity index (χ3n) is 5.72. The van der Waals surface area contributed by atoms with Crippen molar-refractivity contribution in [2.75, 3.05) is 18.4 Å². The van der Waals surface area contributed by atoms with Gasteiger partial charge in [-0.25, -0.2) is 9.97 Å². The van der Waals surface area contributed by atoms with Crippen molar-refractivity contribution in [1.82, 2.24) is 30.0 Å². The van der Waals surface area contributed by atoms with Crippen molar-refractivity contribution < 1.29 is 4.79 Å². The summed E-state index contributed by atoms with van der Waals surface area (Å²) in [6.07, 6.45) is 6.88. The fourth-order valence-corrected chi connectivity index (χ4v) is 4.08. The standard InChI is InChI=1S/C24H27N7O.C2H6/c1-24(2,3)12-21(32)31-8-6-15(7-9-31)20-11-18-22(25-14-26-23(18)29-20)28-17-4-5-19-16(10-17)13-27-30-19;1-2/h4-6,10-11,13-14H,7-9,12H2,1-3H3,(H,27,30)(H2,25,26,28,29);1-2H3. The number of benzene rings is 1. The summed E-state index contributed by atoms with van der Waals surface area (Å²) in [5.74, 6) is 0.968. The van der Waals surface area contributed by atoms with E-state index in [1.165, 1.54) is 5.57 Å².